The first-order valence-electron chi connectivity index (χ1n) is 27.0. The Morgan fingerprint density at radius 2 is 0.500 bits per heavy atom. The summed E-state index contributed by atoms with van der Waals surface area (Å²) in [5.74, 6) is -0.159. The highest BCUT2D eigenvalue weighted by Gasteiger charge is 2.69. The second kappa shape index (κ2) is 6.12. The lowest BCUT2D eigenvalue weighted by atomic mass is 9.53. The van der Waals surface area contributed by atoms with Crippen LogP contribution >= 0.6 is 0 Å². The summed E-state index contributed by atoms with van der Waals surface area (Å²) in [5, 5.41) is 76.0. The van der Waals surface area contributed by atoms with Gasteiger partial charge in [0.2, 0.25) is 0 Å². The zero-order valence-corrected chi connectivity index (χ0v) is 38.0. The minimum atomic E-state index is -2.15. The first-order chi connectivity index (χ1) is 35.2. The zero-order chi connectivity index (χ0) is 44.5. The van der Waals surface area contributed by atoms with E-state index >= 15 is 4.79 Å². The molecule has 300 valence electrons. The van der Waals surface area contributed by atoms with E-state index in [1.54, 1.807) is 44.8 Å². The Morgan fingerprint density at radius 3 is 0.786 bits per heavy atom. The SMILES string of the molecule is [2H]C([2H])(C[Si](C)(C)C)C12c3c4c5c6c7c8c9c%10c(c1c1c%11c2c2c%12c3c5c3c5c6c6c7c7c9c9c%13c%10c1c1c%10c%11c%11c2c2c%12c3c3c5c5c6c6c7c9c7c(c%131)c1c%10c%11c9c2c3c2c9c1c7c6c52)C48C(=O)OC. The summed E-state index contributed by atoms with van der Waals surface area (Å²) < 4.78 is 29.9. The Hall–Kier alpha value is -7.85. The van der Waals surface area contributed by atoms with E-state index in [4.69, 9.17) is 4.74 Å². The van der Waals surface area contributed by atoms with Gasteiger partial charge in [-0.2, -0.15) is 0 Å². The van der Waals surface area contributed by atoms with Gasteiger partial charge in [0.15, 0.2) is 0 Å². The van der Waals surface area contributed by atoms with E-state index in [0.29, 0.717) is 6.04 Å². The van der Waals surface area contributed by atoms with Crippen molar-refractivity contribution in [2.75, 3.05) is 7.11 Å². The molecule has 27 aromatic rings. The van der Waals surface area contributed by atoms with Gasteiger partial charge in [-0.05, 0) is 320 Å². The first kappa shape index (κ1) is 26.2. The van der Waals surface area contributed by atoms with Crippen LogP contribution in [0.5, 0.6) is 0 Å². The number of esters is 1. The van der Waals surface area contributed by atoms with Gasteiger partial charge in [0.1, 0.15) is 5.41 Å². The number of hydrogen-bond acceptors (Lipinski definition) is 2. The molecule has 0 saturated carbocycles. The smallest absolute Gasteiger partial charge is 0.325 e. The zero-order valence-electron chi connectivity index (χ0n) is 39.0. The van der Waals surface area contributed by atoms with Gasteiger partial charge >= 0.3 is 5.97 Å². The van der Waals surface area contributed by atoms with Gasteiger partial charge in [-0.1, -0.05) is 25.7 Å². The van der Waals surface area contributed by atoms with Gasteiger partial charge in [0.05, 0.1) is 7.11 Å². The van der Waals surface area contributed by atoms with E-state index in [1.807, 2.05) is 0 Å². The molecule has 0 radical (unpaired) electrons. The minimum Gasteiger partial charge on any atom is -0.468 e. The van der Waals surface area contributed by atoms with Gasteiger partial charge in [0.25, 0.3) is 0 Å². The van der Waals surface area contributed by atoms with Gasteiger partial charge in [-0.15, -0.1) is 0 Å². The van der Waals surface area contributed by atoms with Crippen LogP contribution in [0.25, 0.3) is 280 Å². The quantitative estimate of drug-likeness (QED) is 0.1000. The average Bonchev–Trinajstić information content (AvgIpc) is 4.27. The fourth-order valence-corrected chi connectivity index (χ4v) is 25.2. The molecule has 0 aliphatic heterocycles. The first-order valence-corrected chi connectivity index (χ1v) is 29.7. The van der Waals surface area contributed by atoms with E-state index in [1.165, 1.54) is 265 Å². The maximum Gasteiger partial charge on any atom is 0.325 e. The van der Waals surface area contributed by atoms with Crippen molar-refractivity contribution < 1.29 is 12.3 Å². The molecule has 0 spiro atoms. The molecular weight excluding hydrogens is 865 g/mol. The maximum absolute atomic E-state index is 16.8. The lowest BCUT2D eigenvalue weighted by Gasteiger charge is -2.48. The normalized spacial score (nSPS) is 22.6. The van der Waals surface area contributed by atoms with E-state index < -0.39 is 25.3 Å². The molecule has 0 saturated heterocycles. The Labute approximate surface area is 387 Å². The van der Waals surface area contributed by atoms with Crippen molar-refractivity contribution in [3.8, 4) is 0 Å². The second-order valence-electron chi connectivity index (χ2n) is 26.7. The van der Waals surface area contributed by atoms with Crippen LogP contribution in [0.3, 0.4) is 0 Å². The van der Waals surface area contributed by atoms with Crippen LogP contribution in [-0.2, 0) is 20.4 Å². The summed E-state index contributed by atoms with van der Waals surface area (Å²) in [7, 11) is -0.481. The molecule has 0 amide bonds. The highest BCUT2D eigenvalue weighted by molar-refractivity contribution is 6.82. The van der Waals surface area contributed by atoms with Crippen LogP contribution in [0.15, 0.2) is 0 Å². The molecule has 0 bridgehead atoms. The maximum atomic E-state index is 16.8. The number of hydrogen-bond donors (Lipinski definition) is 0. The third kappa shape index (κ3) is 1.46. The number of benzene rings is 17. The lowest BCUT2D eigenvalue weighted by Crippen LogP contribution is -2.48. The van der Waals surface area contributed by atoms with Gasteiger partial charge in [-0.25, -0.2) is 0 Å². The van der Waals surface area contributed by atoms with E-state index in [-0.39, 0.29) is 5.97 Å². The van der Waals surface area contributed by atoms with Crippen LogP contribution in [-0.4, -0.2) is 21.2 Å². The summed E-state index contributed by atoms with van der Waals surface area (Å²) in [6, 6.07) is 0.524. The molecule has 70 heavy (non-hydrogen) atoms. The van der Waals surface area contributed by atoms with Crippen molar-refractivity contribution in [2.24, 2.45) is 0 Å². The largest absolute Gasteiger partial charge is 0.468 e. The van der Waals surface area contributed by atoms with Crippen molar-refractivity contribution in [3.05, 3.63) is 33.4 Å². The van der Waals surface area contributed by atoms with E-state index in [9.17, 15) is 2.74 Å². The summed E-state index contributed by atoms with van der Waals surface area (Å²) in [4.78, 5) is 16.8. The molecule has 0 aromatic heterocycles. The van der Waals surface area contributed by atoms with Crippen LogP contribution < -0.4 is 0 Å². The number of ether oxygens (including phenoxy) is 1. The molecule has 2 atom stereocenters. The average molecular weight is 883 g/mol. The monoisotopic (exact) mass is 882 g/mol. The van der Waals surface area contributed by atoms with Gasteiger partial charge in [-0.3, -0.25) is 4.79 Å². The minimum absolute atomic E-state index is 0.159. The molecule has 3 heteroatoms. The van der Waals surface area contributed by atoms with Gasteiger partial charge < -0.3 is 4.74 Å². The Bertz CT molecular complexity index is 7380. The molecule has 0 N–H and O–H groups in total. The highest BCUT2D eigenvalue weighted by Crippen LogP contribution is 2.84. The predicted molar refractivity (Wildman–Crippen MR) is 297 cm³/mol. The Morgan fingerprint density at radius 1 is 0.314 bits per heavy atom. The molecule has 5 aliphatic carbocycles. The molecule has 32 rings (SSSR count). The second-order valence-corrected chi connectivity index (χ2v) is 32.1. The summed E-state index contributed by atoms with van der Waals surface area (Å²) in [5.41, 5.74) is 4.72. The van der Waals surface area contributed by atoms with Crippen LogP contribution in [0, 0.1) is 0 Å². The van der Waals surface area contributed by atoms with Crippen molar-refractivity contribution in [2.45, 2.75) is 42.9 Å². The molecule has 2 nitrogen and oxygen atoms in total. The van der Waals surface area contributed by atoms with Crippen molar-refractivity contribution in [1.29, 1.82) is 0 Å². The number of carbonyl (C=O) groups is 1. The summed E-state index contributed by atoms with van der Waals surface area (Å²) in [6.07, 6.45) is -1.69. The lowest BCUT2D eigenvalue weighted by molar-refractivity contribution is -0.144. The standard InChI is InChI=1S/C67H16O2Si/c1-69-65(68)67-60-52-43-36-23-16-10-9-11-7-8-12(10)21(23)27-25-14(8)17-13(7)24-26-20(11)22-15(9)18-19(16)30-37-29(18)38-35(22)42-40(26)44-31(24)33-28(17)34-32(25)45(41(27)43)56(60)58-47(34)46(33)57-55(44)59-51(42)48(38)53-50(37)54(49(52)39(30)36)63(67)61(53)66(59,62(57)64(58)67)5-6-70(2,3)4/h5-6H2,1-4H3/i5D2. The summed E-state index contributed by atoms with van der Waals surface area (Å²) >= 11 is 0. The third-order valence-electron chi connectivity index (χ3n) is 24.6. The van der Waals surface area contributed by atoms with Gasteiger partial charge in [0, 0.05) is 16.2 Å². The molecule has 0 heterocycles. The fraction of sp³-hybridized carbons (Fsp3) is 0.119. The molecular formula is C67H16O2Si. The molecule has 27 aromatic carbocycles. The van der Waals surface area contributed by atoms with E-state index in [2.05, 4.69) is 19.6 Å². The Kier molecular flexibility index (Phi) is 2.29. The van der Waals surface area contributed by atoms with Crippen LogP contribution in [0.4, 0.5) is 0 Å². The number of rotatable bonds is 4. The molecule has 5 aliphatic rings. The molecule has 2 unspecified atom stereocenters. The number of methoxy groups -OCH3 is 1. The van der Waals surface area contributed by atoms with Crippen LogP contribution in [0.1, 0.15) is 42.5 Å². The van der Waals surface area contributed by atoms with Crippen molar-refractivity contribution in [3.63, 3.8) is 0 Å². The summed E-state index contributed by atoms with van der Waals surface area (Å²) in [6.45, 7) is 7.21. The highest BCUT2D eigenvalue weighted by atomic mass is 28.3. The van der Waals surface area contributed by atoms with Crippen molar-refractivity contribution in [1.82, 2.24) is 0 Å². The molecule has 0 fully saturated rings. The predicted octanol–water partition coefficient (Wildman–Crippen LogP) is 17.9. The van der Waals surface area contributed by atoms with Crippen LogP contribution in [0.2, 0.25) is 25.7 Å². The van der Waals surface area contributed by atoms with Crippen molar-refractivity contribution >= 4 is 294 Å². The van der Waals surface area contributed by atoms with E-state index in [0.717, 1.165) is 11.1 Å². The fourth-order valence-electron chi connectivity index (χ4n) is 24.4. The third-order valence-corrected chi connectivity index (χ3v) is 25.9. The Balaban J connectivity index is 1.21. The number of carbonyl (C=O) groups excluding carboxylic acids is 1. The topological polar surface area (TPSA) is 26.3 Å².